The van der Waals surface area contributed by atoms with Crippen LogP contribution in [0.15, 0.2) is 239 Å². The van der Waals surface area contributed by atoms with E-state index in [0.29, 0.717) is 0 Å². The van der Waals surface area contributed by atoms with Gasteiger partial charge in [0, 0.05) is 67.8 Å². The molecule has 0 aliphatic rings. The van der Waals surface area contributed by atoms with E-state index >= 15 is 0 Å². The molecule has 0 spiro atoms. The molecule has 0 bridgehead atoms. The van der Waals surface area contributed by atoms with Gasteiger partial charge in [-0.1, -0.05) is 133 Å². The quantitative estimate of drug-likeness (QED) is 0.150. The van der Waals surface area contributed by atoms with Gasteiger partial charge in [-0.05, 0) is 128 Å². The maximum atomic E-state index is 6.51. The summed E-state index contributed by atoms with van der Waals surface area (Å²) in [6.07, 6.45) is 0. The van der Waals surface area contributed by atoms with Crippen molar-refractivity contribution in [3.63, 3.8) is 0 Å². The van der Waals surface area contributed by atoms with Crippen LogP contribution in [0, 0.1) is 0 Å². The minimum Gasteiger partial charge on any atom is -0.456 e. The minimum absolute atomic E-state index is 0.842. The molecule has 11 aromatic carbocycles. The van der Waals surface area contributed by atoms with Crippen molar-refractivity contribution in [2.45, 2.75) is 0 Å². The fourth-order valence-electron chi connectivity index (χ4n) is 9.86. The van der Waals surface area contributed by atoms with Crippen LogP contribution in [0.2, 0.25) is 0 Å². The van der Waals surface area contributed by atoms with Gasteiger partial charge in [0.2, 0.25) is 0 Å². The Labute approximate surface area is 369 Å². The molecule has 0 aliphatic carbocycles. The van der Waals surface area contributed by atoms with Crippen LogP contribution in [0.3, 0.4) is 0 Å². The Hall–Kier alpha value is -8.60. The lowest BCUT2D eigenvalue weighted by atomic mass is 9.92. The molecule has 0 amide bonds. The highest BCUT2D eigenvalue weighted by Gasteiger charge is 2.22. The number of para-hydroxylation sites is 4. The number of hydrogen-bond acceptors (Lipinski definition) is 4. The average Bonchev–Trinajstić information content (AvgIpc) is 3.92. The Morgan fingerprint density at radius 2 is 0.578 bits per heavy atom. The van der Waals surface area contributed by atoms with Gasteiger partial charge in [0.25, 0.3) is 0 Å². The van der Waals surface area contributed by atoms with E-state index in [1.54, 1.807) is 0 Å². The zero-order valence-corrected chi connectivity index (χ0v) is 34.7. The molecule has 0 saturated heterocycles. The van der Waals surface area contributed by atoms with Gasteiger partial charge in [0.15, 0.2) is 0 Å². The predicted molar refractivity (Wildman–Crippen MR) is 268 cm³/mol. The van der Waals surface area contributed by atoms with Gasteiger partial charge in [-0.2, -0.15) is 0 Å². The van der Waals surface area contributed by atoms with Crippen molar-refractivity contribution in [3.05, 3.63) is 231 Å². The molecule has 0 atom stereocenters. The summed E-state index contributed by atoms with van der Waals surface area (Å²) in [7, 11) is 0. The van der Waals surface area contributed by atoms with Crippen molar-refractivity contribution < 1.29 is 8.83 Å². The number of hydrogen-bond donors (Lipinski definition) is 0. The molecule has 0 N–H and O–H groups in total. The van der Waals surface area contributed by atoms with E-state index in [9.17, 15) is 0 Å². The summed E-state index contributed by atoms with van der Waals surface area (Å²) in [5.41, 5.74) is 11.7. The number of rotatable bonds is 7. The summed E-state index contributed by atoms with van der Waals surface area (Å²) in [4.78, 5) is 4.68. The fourth-order valence-corrected chi connectivity index (χ4v) is 9.86. The SMILES string of the molecule is c1ccc(N(c2cc(-c3ccc4c5ccccc5c5ccccc5c4c3)cc(N(c3ccccc3)c3ccc4c(c3)oc3ccccc34)c2)c2ccc3c(c2)oc2ccccc23)cc1. The number of fused-ring (bicyclic) bond motifs is 12. The van der Waals surface area contributed by atoms with E-state index in [1.807, 2.05) is 24.3 Å². The van der Waals surface area contributed by atoms with Crippen LogP contribution in [-0.2, 0) is 0 Å². The highest BCUT2D eigenvalue weighted by atomic mass is 16.3. The summed E-state index contributed by atoms with van der Waals surface area (Å²) < 4.78 is 13.0. The number of nitrogens with zero attached hydrogens (tertiary/aromatic N) is 2. The van der Waals surface area contributed by atoms with Gasteiger partial charge < -0.3 is 18.6 Å². The van der Waals surface area contributed by atoms with E-state index in [-0.39, 0.29) is 0 Å². The summed E-state index contributed by atoms with van der Waals surface area (Å²) in [5.74, 6) is 0. The third-order valence-electron chi connectivity index (χ3n) is 12.8. The first-order valence-electron chi connectivity index (χ1n) is 21.7. The maximum Gasteiger partial charge on any atom is 0.137 e. The molecule has 0 saturated carbocycles. The molecular weight excluding hydrogens is 781 g/mol. The fraction of sp³-hybridized carbons (Fsp3) is 0. The lowest BCUT2D eigenvalue weighted by Crippen LogP contribution is -2.13. The summed E-state index contributed by atoms with van der Waals surface area (Å²) in [5, 5.41) is 11.9. The molecule has 300 valence electrons. The van der Waals surface area contributed by atoms with Crippen LogP contribution in [0.1, 0.15) is 0 Å². The Bertz CT molecular complexity index is 3710. The van der Waals surface area contributed by atoms with Gasteiger partial charge in [-0.25, -0.2) is 0 Å². The third-order valence-corrected chi connectivity index (χ3v) is 12.8. The lowest BCUT2D eigenvalue weighted by Gasteiger charge is -2.30. The second-order valence-electron chi connectivity index (χ2n) is 16.5. The van der Waals surface area contributed by atoms with E-state index in [0.717, 1.165) is 89.1 Å². The molecule has 0 aliphatic heterocycles. The molecule has 64 heavy (non-hydrogen) atoms. The first kappa shape index (κ1) is 36.1. The molecule has 13 rings (SSSR count). The Morgan fingerprint density at radius 3 is 1.06 bits per heavy atom. The standard InChI is InChI=1S/C60H38N2O2/c1-3-15-41(16-4-1)61(43-28-31-54-52-23-11-13-25-57(52)63-59(54)37-43)45-33-40(39-27-30-51-49-21-8-7-19-47(49)48-20-9-10-22-50(48)56(51)35-39)34-46(36-45)62(42-17-5-2-6-18-42)44-29-32-55-53-24-12-14-26-58(53)64-60(55)38-44/h1-38H. The molecule has 0 radical (unpaired) electrons. The zero-order valence-electron chi connectivity index (χ0n) is 34.7. The van der Waals surface area contributed by atoms with Crippen LogP contribution in [-0.4, -0.2) is 0 Å². The van der Waals surface area contributed by atoms with Gasteiger partial charge in [-0.3, -0.25) is 0 Å². The molecular formula is C60H38N2O2. The predicted octanol–water partition coefficient (Wildman–Crippen LogP) is 17.6. The molecule has 2 aromatic heterocycles. The smallest absolute Gasteiger partial charge is 0.137 e. The zero-order chi connectivity index (χ0) is 42.1. The van der Waals surface area contributed by atoms with Gasteiger partial charge in [0.1, 0.15) is 22.3 Å². The third kappa shape index (κ3) is 5.84. The van der Waals surface area contributed by atoms with Crippen molar-refractivity contribution in [2.24, 2.45) is 0 Å². The monoisotopic (exact) mass is 818 g/mol. The highest BCUT2D eigenvalue weighted by molar-refractivity contribution is 6.25. The van der Waals surface area contributed by atoms with Crippen LogP contribution >= 0.6 is 0 Å². The van der Waals surface area contributed by atoms with Crippen LogP contribution in [0.4, 0.5) is 34.1 Å². The van der Waals surface area contributed by atoms with Crippen molar-refractivity contribution in [1.29, 1.82) is 0 Å². The highest BCUT2D eigenvalue weighted by Crippen LogP contribution is 2.46. The minimum atomic E-state index is 0.842. The Kier molecular flexibility index (Phi) is 8.18. The summed E-state index contributed by atoms with van der Waals surface area (Å²) in [6.45, 7) is 0. The van der Waals surface area contributed by atoms with E-state index < -0.39 is 0 Å². The van der Waals surface area contributed by atoms with Crippen LogP contribution in [0.25, 0.3) is 87.3 Å². The Morgan fingerprint density at radius 1 is 0.203 bits per heavy atom. The van der Waals surface area contributed by atoms with Gasteiger partial charge in [-0.15, -0.1) is 0 Å². The first-order valence-corrected chi connectivity index (χ1v) is 21.7. The average molecular weight is 819 g/mol. The van der Waals surface area contributed by atoms with E-state index in [1.165, 1.54) is 32.3 Å². The van der Waals surface area contributed by atoms with Crippen molar-refractivity contribution >= 4 is 110 Å². The van der Waals surface area contributed by atoms with Crippen LogP contribution in [0.5, 0.6) is 0 Å². The topological polar surface area (TPSA) is 32.8 Å². The van der Waals surface area contributed by atoms with E-state index in [4.69, 9.17) is 8.83 Å². The molecule has 0 unspecified atom stereocenters. The van der Waals surface area contributed by atoms with E-state index in [2.05, 4.69) is 216 Å². The number of furan rings is 2. The van der Waals surface area contributed by atoms with Crippen molar-refractivity contribution in [3.8, 4) is 11.1 Å². The summed E-state index contributed by atoms with van der Waals surface area (Å²) >= 11 is 0. The Balaban J connectivity index is 1.08. The number of anilines is 6. The molecule has 2 heterocycles. The lowest BCUT2D eigenvalue weighted by molar-refractivity contribution is 0.668. The summed E-state index contributed by atoms with van der Waals surface area (Å²) in [6, 6.07) is 82.4. The van der Waals surface area contributed by atoms with Gasteiger partial charge >= 0.3 is 0 Å². The first-order chi connectivity index (χ1) is 31.7. The second kappa shape index (κ2) is 14.5. The van der Waals surface area contributed by atoms with Crippen molar-refractivity contribution in [1.82, 2.24) is 0 Å². The van der Waals surface area contributed by atoms with Crippen molar-refractivity contribution in [2.75, 3.05) is 9.80 Å². The van der Waals surface area contributed by atoms with Gasteiger partial charge in [0.05, 0.1) is 0 Å². The normalized spacial score (nSPS) is 11.8. The number of benzene rings is 11. The second-order valence-corrected chi connectivity index (χ2v) is 16.5. The molecule has 0 fully saturated rings. The maximum absolute atomic E-state index is 6.51. The molecule has 4 nitrogen and oxygen atoms in total. The molecule has 4 heteroatoms. The molecule has 13 aromatic rings. The largest absolute Gasteiger partial charge is 0.456 e. The van der Waals surface area contributed by atoms with Crippen LogP contribution < -0.4 is 9.80 Å².